The molecular formula is C13H19N3O3. The van der Waals surface area contributed by atoms with E-state index in [4.69, 9.17) is 0 Å². The molecule has 1 aromatic rings. The molecule has 0 bridgehead atoms. The number of β-amino-alcohol motifs (C(OH)–C–C–N with tert-alkyl or cyclic N) is 1. The summed E-state index contributed by atoms with van der Waals surface area (Å²) in [6.45, 7) is 3.05. The summed E-state index contributed by atoms with van der Waals surface area (Å²) >= 11 is 0. The molecule has 104 valence electrons. The van der Waals surface area contributed by atoms with Gasteiger partial charge < -0.3 is 20.3 Å². The largest absolute Gasteiger partial charge is 0.392 e. The van der Waals surface area contributed by atoms with Gasteiger partial charge in [-0.15, -0.1) is 0 Å². The molecule has 1 saturated heterocycles. The van der Waals surface area contributed by atoms with E-state index in [0.717, 1.165) is 6.42 Å². The molecule has 1 aliphatic heterocycles. The first-order valence-corrected chi connectivity index (χ1v) is 6.53. The van der Waals surface area contributed by atoms with E-state index in [-0.39, 0.29) is 17.5 Å². The van der Waals surface area contributed by atoms with Crippen LogP contribution in [0.5, 0.6) is 0 Å². The number of pyridine rings is 1. The van der Waals surface area contributed by atoms with E-state index in [2.05, 4.69) is 10.6 Å². The molecule has 1 aliphatic rings. The fourth-order valence-electron chi connectivity index (χ4n) is 2.17. The Hall–Kier alpha value is -1.66. The zero-order chi connectivity index (χ0) is 13.8. The molecule has 0 aliphatic carbocycles. The maximum absolute atomic E-state index is 11.9. The number of anilines is 1. The van der Waals surface area contributed by atoms with Gasteiger partial charge in [0.15, 0.2) is 0 Å². The number of nitrogens with one attached hydrogen (secondary N) is 2. The fourth-order valence-corrected chi connectivity index (χ4v) is 2.17. The van der Waals surface area contributed by atoms with Crippen LogP contribution >= 0.6 is 0 Å². The molecule has 1 amide bonds. The van der Waals surface area contributed by atoms with Crippen molar-refractivity contribution in [2.45, 2.75) is 38.5 Å². The van der Waals surface area contributed by atoms with Crippen molar-refractivity contribution in [3.8, 4) is 0 Å². The molecule has 0 radical (unpaired) electrons. The van der Waals surface area contributed by atoms with Gasteiger partial charge in [-0.2, -0.15) is 0 Å². The summed E-state index contributed by atoms with van der Waals surface area (Å²) in [5.41, 5.74) is 0.524. The van der Waals surface area contributed by atoms with E-state index >= 15 is 0 Å². The number of nitrogens with zero attached hydrogens (tertiary/aromatic N) is 1. The van der Waals surface area contributed by atoms with Gasteiger partial charge in [-0.1, -0.05) is 6.92 Å². The molecule has 0 saturated carbocycles. The van der Waals surface area contributed by atoms with Crippen LogP contribution in [-0.4, -0.2) is 34.3 Å². The highest BCUT2D eigenvalue weighted by atomic mass is 16.3. The molecule has 3 N–H and O–H groups in total. The van der Waals surface area contributed by atoms with Crippen LogP contribution in [0.25, 0.3) is 0 Å². The monoisotopic (exact) mass is 265 g/mol. The predicted molar refractivity (Wildman–Crippen MR) is 72.0 cm³/mol. The van der Waals surface area contributed by atoms with Crippen LogP contribution < -0.4 is 16.2 Å². The van der Waals surface area contributed by atoms with Crippen LogP contribution in [0.1, 0.15) is 19.8 Å². The van der Waals surface area contributed by atoms with Gasteiger partial charge in [0.25, 0.3) is 5.56 Å². The van der Waals surface area contributed by atoms with Crippen molar-refractivity contribution in [1.82, 2.24) is 9.88 Å². The Balaban J connectivity index is 2.04. The minimum Gasteiger partial charge on any atom is -0.392 e. The number of amides is 1. The molecular weight excluding hydrogens is 246 g/mol. The lowest BCUT2D eigenvalue weighted by molar-refractivity contribution is -0.117. The number of aromatic nitrogens is 1. The number of hydrogen-bond acceptors (Lipinski definition) is 4. The Labute approximate surface area is 111 Å². The number of aryl methyl sites for hydroxylation is 1. The van der Waals surface area contributed by atoms with Crippen molar-refractivity contribution in [3.63, 3.8) is 0 Å². The number of carbonyl (C=O) groups is 1. The Bertz CT molecular complexity index is 512. The lowest BCUT2D eigenvalue weighted by atomic mass is 10.2. The van der Waals surface area contributed by atoms with E-state index in [9.17, 15) is 14.7 Å². The third kappa shape index (κ3) is 3.42. The molecule has 2 unspecified atom stereocenters. The molecule has 6 nitrogen and oxygen atoms in total. The normalized spacial score (nSPS) is 22.4. The van der Waals surface area contributed by atoms with E-state index in [1.165, 1.54) is 6.07 Å². The summed E-state index contributed by atoms with van der Waals surface area (Å²) in [6.07, 6.45) is 2.45. The van der Waals surface area contributed by atoms with Gasteiger partial charge in [0.05, 0.1) is 17.8 Å². The summed E-state index contributed by atoms with van der Waals surface area (Å²) in [5.74, 6) is -0.182. The van der Waals surface area contributed by atoms with E-state index in [0.29, 0.717) is 25.2 Å². The topological polar surface area (TPSA) is 83.4 Å². The lowest BCUT2D eigenvalue weighted by Gasteiger charge is -2.12. The van der Waals surface area contributed by atoms with Crippen molar-refractivity contribution >= 4 is 11.6 Å². The molecule has 19 heavy (non-hydrogen) atoms. The molecule has 1 fully saturated rings. The van der Waals surface area contributed by atoms with Crippen LogP contribution in [-0.2, 0) is 11.3 Å². The second-order valence-electron chi connectivity index (χ2n) is 4.79. The fraction of sp³-hybridized carbons (Fsp3) is 0.538. The molecule has 2 heterocycles. The van der Waals surface area contributed by atoms with Gasteiger partial charge in [0.1, 0.15) is 0 Å². The minimum atomic E-state index is -0.468. The van der Waals surface area contributed by atoms with Gasteiger partial charge in [-0.25, -0.2) is 0 Å². The highest BCUT2D eigenvalue weighted by Crippen LogP contribution is 2.10. The summed E-state index contributed by atoms with van der Waals surface area (Å²) in [6, 6.07) is 2.67. The number of carbonyl (C=O) groups excluding carboxylic acids is 1. The van der Waals surface area contributed by atoms with E-state index < -0.39 is 6.10 Å². The maximum Gasteiger partial charge on any atom is 0.250 e. The summed E-state index contributed by atoms with van der Waals surface area (Å²) in [7, 11) is 0. The van der Waals surface area contributed by atoms with Crippen LogP contribution in [0.2, 0.25) is 0 Å². The van der Waals surface area contributed by atoms with Crippen molar-refractivity contribution < 1.29 is 9.90 Å². The maximum atomic E-state index is 11.9. The quantitative estimate of drug-likeness (QED) is 0.711. The Morgan fingerprint density at radius 2 is 2.37 bits per heavy atom. The lowest BCUT2D eigenvalue weighted by Crippen LogP contribution is -2.35. The first kappa shape index (κ1) is 13.8. The standard InChI is InChI=1S/C13H19N3O3/c1-2-5-16-8-9(3-4-12(16)18)15-13(19)11-6-10(17)7-14-11/h3-4,8,10-11,14,17H,2,5-7H2,1H3,(H,15,19). The number of aliphatic hydroxyl groups excluding tert-OH is 1. The van der Waals surface area contributed by atoms with Crippen molar-refractivity contribution in [1.29, 1.82) is 0 Å². The first-order valence-electron chi connectivity index (χ1n) is 6.53. The number of rotatable bonds is 4. The van der Waals surface area contributed by atoms with Crippen LogP contribution in [0.3, 0.4) is 0 Å². The van der Waals surface area contributed by atoms with E-state index in [1.807, 2.05) is 6.92 Å². The molecule has 0 aromatic carbocycles. The van der Waals surface area contributed by atoms with Crippen LogP contribution in [0.4, 0.5) is 5.69 Å². The van der Waals surface area contributed by atoms with E-state index in [1.54, 1.807) is 16.8 Å². The molecule has 0 spiro atoms. The Morgan fingerprint density at radius 3 is 3.00 bits per heavy atom. The SMILES string of the molecule is CCCn1cc(NC(=O)C2CC(O)CN2)ccc1=O. The molecule has 2 atom stereocenters. The average Bonchev–Trinajstić information content (AvgIpc) is 2.80. The average molecular weight is 265 g/mol. The van der Waals surface area contributed by atoms with Crippen LogP contribution in [0.15, 0.2) is 23.1 Å². The summed E-state index contributed by atoms with van der Waals surface area (Å²) < 4.78 is 1.58. The third-order valence-corrected chi connectivity index (χ3v) is 3.14. The zero-order valence-electron chi connectivity index (χ0n) is 10.9. The van der Waals surface area contributed by atoms with Crippen molar-refractivity contribution in [2.24, 2.45) is 0 Å². The van der Waals surface area contributed by atoms with Gasteiger partial charge in [0, 0.05) is 25.4 Å². The van der Waals surface area contributed by atoms with Crippen molar-refractivity contribution in [3.05, 3.63) is 28.7 Å². The highest BCUT2D eigenvalue weighted by Gasteiger charge is 2.27. The second kappa shape index (κ2) is 5.99. The molecule has 6 heteroatoms. The van der Waals surface area contributed by atoms with Crippen molar-refractivity contribution in [2.75, 3.05) is 11.9 Å². The number of hydrogen-bond donors (Lipinski definition) is 3. The summed E-state index contributed by atoms with van der Waals surface area (Å²) in [5, 5.41) is 15.1. The Morgan fingerprint density at radius 1 is 1.58 bits per heavy atom. The molecule has 2 rings (SSSR count). The summed E-state index contributed by atoms with van der Waals surface area (Å²) in [4.78, 5) is 23.5. The smallest absolute Gasteiger partial charge is 0.250 e. The van der Waals surface area contributed by atoms with Gasteiger partial charge in [-0.3, -0.25) is 9.59 Å². The first-order chi connectivity index (χ1) is 9.10. The number of aliphatic hydroxyl groups is 1. The van der Waals surface area contributed by atoms with Gasteiger partial charge >= 0.3 is 0 Å². The zero-order valence-corrected chi connectivity index (χ0v) is 10.9. The molecule has 1 aromatic heterocycles. The van der Waals surface area contributed by atoms with Crippen LogP contribution in [0, 0.1) is 0 Å². The predicted octanol–water partition coefficient (Wildman–Crippen LogP) is -0.0804. The minimum absolute atomic E-state index is 0.0748. The van der Waals surface area contributed by atoms with Gasteiger partial charge in [-0.05, 0) is 18.9 Å². The highest BCUT2D eigenvalue weighted by molar-refractivity contribution is 5.94. The van der Waals surface area contributed by atoms with Gasteiger partial charge in [0.2, 0.25) is 5.91 Å². The third-order valence-electron chi connectivity index (χ3n) is 3.14. The Kier molecular flexibility index (Phi) is 4.34. The second-order valence-corrected chi connectivity index (χ2v) is 4.79.